The third-order valence-corrected chi connectivity index (χ3v) is 4.44. The smallest absolute Gasteiger partial charge is 0.267 e. The molecule has 0 saturated carbocycles. The fraction of sp³-hybridized carbons (Fsp3) is 0.0870. The van der Waals surface area contributed by atoms with Gasteiger partial charge in [0.1, 0.15) is 23.9 Å². The van der Waals surface area contributed by atoms with E-state index in [-0.39, 0.29) is 5.91 Å². The van der Waals surface area contributed by atoms with Crippen molar-refractivity contribution in [2.24, 2.45) is 0 Å². The molecule has 1 amide bonds. The Kier molecular flexibility index (Phi) is 5.06. The highest BCUT2D eigenvalue weighted by Crippen LogP contribution is 2.29. The molecule has 0 bridgehead atoms. The number of fused-ring (bicyclic) bond motifs is 1. The van der Waals surface area contributed by atoms with E-state index in [2.05, 4.69) is 10.3 Å². The molecule has 4 nitrogen and oxygen atoms in total. The van der Waals surface area contributed by atoms with Crippen LogP contribution in [0.2, 0.25) is 0 Å². The molecule has 1 heterocycles. The molecule has 3 aromatic carbocycles. The minimum atomic E-state index is -0.423. The van der Waals surface area contributed by atoms with E-state index in [0.717, 1.165) is 11.1 Å². The molecule has 0 radical (unpaired) electrons. The van der Waals surface area contributed by atoms with Gasteiger partial charge in [0.2, 0.25) is 0 Å². The van der Waals surface area contributed by atoms with Gasteiger partial charge in [0.15, 0.2) is 0 Å². The zero-order valence-electron chi connectivity index (χ0n) is 15.1. The monoisotopic (exact) mass is 374 g/mol. The first-order valence-electron chi connectivity index (χ1n) is 9.00. The van der Waals surface area contributed by atoms with Crippen LogP contribution in [0.5, 0.6) is 5.75 Å². The Bertz CT molecular complexity index is 1090. The van der Waals surface area contributed by atoms with E-state index in [9.17, 15) is 9.18 Å². The first-order chi connectivity index (χ1) is 13.7. The van der Waals surface area contributed by atoms with Crippen molar-refractivity contribution >= 4 is 16.8 Å². The number of aromatic amines is 1. The van der Waals surface area contributed by atoms with Gasteiger partial charge in [0, 0.05) is 18.0 Å². The summed E-state index contributed by atoms with van der Waals surface area (Å²) < 4.78 is 19.8. The van der Waals surface area contributed by atoms with Crippen LogP contribution in [-0.4, -0.2) is 10.9 Å². The van der Waals surface area contributed by atoms with Crippen molar-refractivity contribution < 1.29 is 13.9 Å². The molecule has 0 spiro atoms. The lowest BCUT2D eigenvalue weighted by Gasteiger charge is -2.07. The molecule has 5 heteroatoms. The molecule has 0 aliphatic carbocycles. The topological polar surface area (TPSA) is 54.1 Å². The fourth-order valence-corrected chi connectivity index (χ4v) is 3.02. The van der Waals surface area contributed by atoms with Crippen LogP contribution in [0.4, 0.5) is 4.39 Å². The van der Waals surface area contributed by atoms with Gasteiger partial charge in [-0.3, -0.25) is 4.79 Å². The molecule has 0 fully saturated rings. The number of nitrogens with one attached hydrogen (secondary N) is 2. The van der Waals surface area contributed by atoms with Crippen LogP contribution >= 0.6 is 0 Å². The average molecular weight is 374 g/mol. The Labute approximate surface area is 162 Å². The van der Waals surface area contributed by atoms with E-state index in [1.807, 2.05) is 60.7 Å². The standard InChI is InChI=1S/C23H19FN2O2/c24-18-11-20-19(22(12-18)28-15-17-9-5-2-6-10-17)13-21(26-20)23(27)25-14-16-7-3-1-4-8-16/h1-13,26H,14-15H2,(H,25,27). The van der Waals surface area contributed by atoms with Crippen molar-refractivity contribution in [2.75, 3.05) is 0 Å². The SMILES string of the molecule is O=C(NCc1ccccc1)c1cc2c(OCc3ccccc3)cc(F)cc2[nH]1. The largest absolute Gasteiger partial charge is 0.488 e. The number of amides is 1. The summed E-state index contributed by atoms with van der Waals surface area (Å²) in [5, 5.41) is 3.53. The minimum absolute atomic E-state index is 0.255. The van der Waals surface area contributed by atoms with Gasteiger partial charge in [-0.2, -0.15) is 0 Å². The minimum Gasteiger partial charge on any atom is -0.488 e. The van der Waals surface area contributed by atoms with Crippen LogP contribution in [0, 0.1) is 5.82 Å². The molecule has 1 aromatic heterocycles. The third kappa shape index (κ3) is 4.04. The molecule has 0 unspecified atom stereocenters. The molecule has 4 rings (SSSR count). The average Bonchev–Trinajstić information content (AvgIpc) is 3.16. The summed E-state index contributed by atoms with van der Waals surface area (Å²) in [5.74, 6) is -0.277. The highest BCUT2D eigenvalue weighted by Gasteiger charge is 2.14. The summed E-state index contributed by atoms with van der Waals surface area (Å²) in [6, 6.07) is 23.7. The molecule has 2 N–H and O–H groups in total. The van der Waals surface area contributed by atoms with Crippen molar-refractivity contribution in [3.8, 4) is 5.75 Å². The summed E-state index contributed by atoms with van der Waals surface area (Å²) >= 11 is 0. The number of H-pyrrole nitrogens is 1. The number of benzene rings is 3. The van der Waals surface area contributed by atoms with E-state index in [1.165, 1.54) is 12.1 Å². The van der Waals surface area contributed by atoms with Gasteiger partial charge < -0.3 is 15.0 Å². The number of halogens is 1. The Hall–Kier alpha value is -3.60. The molecule has 0 aliphatic rings. The zero-order valence-corrected chi connectivity index (χ0v) is 15.1. The van der Waals surface area contributed by atoms with Crippen molar-refractivity contribution in [3.05, 3.63) is 102 Å². The van der Waals surface area contributed by atoms with E-state index in [1.54, 1.807) is 6.07 Å². The lowest BCUT2D eigenvalue weighted by molar-refractivity contribution is 0.0946. The third-order valence-electron chi connectivity index (χ3n) is 4.44. The fourth-order valence-electron chi connectivity index (χ4n) is 3.02. The molecular weight excluding hydrogens is 355 g/mol. The molecule has 140 valence electrons. The van der Waals surface area contributed by atoms with Crippen molar-refractivity contribution in [1.82, 2.24) is 10.3 Å². The van der Waals surface area contributed by atoms with Crippen molar-refractivity contribution in [3.63, 3.8) is 0 Å². The summed E-state index contributed by atoms with van der Waals surface area (Å²) in [5.41, 5.74) is 2.87. The summed E-state index contributed by atoms with van der Waals surface area (Å²) in [4.78, 5) is 15.5. The molecule has 28 heavy (non-hydrogen) atoms. The molecule has 4 aromatic rings. The summed E-state index contributed by atoms with van der Waals surface area (Å²) in [7, 11) is 0. The Morgan fingerprint density at radius 1 is 0.929 bits per heavy atom. The molecule has 0 saturated heterocycles. The first-order valence-corrected chi connectivity index (χ1v) is 9.00. The van der Waals surface area contributed by atoms with E-state index >= 15 is 0 Å². The highest BCUT2D eigenvalue weighted by molar-refractivity contribution is 5.99. The summed E-state index contributed by atoms with van der Waals surface area (Å²) in [6.45, 7) is 0.737. The second-order valence-electron chi connectivity index (χ2n) is 6.49. The number of hydrogen-bond donors (Lipinski definition) is 2. The van der Waals surface area contributed by atoms with Gasteiger partial charge in [-0.25, -0.2) is 4.39 Å². The second-order valence-corrected chi connectivity index (χ2v) is 6.49. The molecular formula is C23H19FN2O2. The van der Waals surface area contributed by atoms with Crippen LogP contribution in [0.15, 0.2) is 78.9 Å². The summed E-state index contributed by atoms with van der Waals surface area (Å²) in [6.07, 6.45) is 0. The van der Waals surface area contributed by atoms with Gasteiger partial charge in [0.25, 0.3) is 5.91 Å². The maximum absolute atomic E-state index is 14.0. The van der Waals surface area contributed by atoms with Crippen LogP contribution in [0.25, 0.3) is 10.9 Å². The lowest BCUT2D eigenvalue weighted by atomic mass is 10.2. The zero-order chi connectivity index (χ0) is 19.3. The van der Waals surface area contributed by atoms with Crippen molar-refractivity contribution in [2.45, 2.75) is 13.2 Å². The Balaban J connectivity index is 1.53. The van der Waals surface area contributed by atoms with Crippen LogP contribution in [0.1, 0.15) is 21.6 Å². The van der Waals surface area contributed by atoms with Gasteiger partial charge in [-0.1, -0.05) is 60.7 Å². The maximum Gasteiger partial charge on any atom is 0.267 e. The van der Waals surface area contributed by atoms with Crippen LogP contribution in [0.3, 0.4) is 0 Å². The predicted octanol–water partition coefficient (Wildman–Crippen LogP) is 4.82. The first kappa shape index (κ1) is 17.8. The number of carbonyl (C=O) groups is 1. The number of ether oxygens (including phenoxy) is 1. The maximum atomic E-state index is 14.0. The second kappa shape index (κ2) is 7.96. The van der Waals surface area contributed by atoms with Gasteiger partial charge in [-0.05, 0) is 23.3 Å². The Morgan fingerprint density at radius 3 is 2.32 bits per heavy atom. The van der Waals surface area contributed by atoms with Crippen molar-refractivity contribution in [1.29, 1.82) is 0 Å². The van der Waals surface area contributed by atoms with Gasteiger partial charge >= 0.3 is 0 Å². The van der Waals surface area contributed by atoms with Crippen LogP contribution in [-0.2, 0) is 13.2 Å². The van der Waals surface area contributed by atoms with Gasteiger partial charge in [-0.15, -0.1) is 0 Å². The van der Waals surface area contributed by atoms with E-state index in [0.29, 0.717) is 35.5 Å². The Morgan fingerprint density at radius 2 is 1.61 bits per heavy atom. The molecule has 0 atom stereocenters. The molecule has 0 aliphatic heterocycles. The highest BCUT2D eigenvalue weighted by atomic mass is 19.1. The lowest BCUT2D eigenvalue weighted by Crippen LogP contribution is -2.22. The number of hydrogen-bond acceptors (Lipinski definition) is 2. The quantitative estimate of drug-likeness (QED) is 0.509. The van der Waals surface area contributed by atoms with E-state index < -0.39 is 5.82 Å². The van der Waals surface area contributed by atoms with E-state index in [4.69, 9.17) is 4.74 Å². The van der Waals surface area contributed by atoms with Crippen LogP contribution < -0.4 is 10.1 Å². The number of carbonyl (C=O) groups excluding carboxylic acids is 1. The van der Waals surface area contributed by atoms with Gasteiger partial charge in [0.05, 0.1) is 5.52 Å². The number of rotatable bonds is 6. The number of aromatic nitrogens is 1. The predicted molar refractivity (Wildman–Crippen MR) is 107 cm³/mol. The normalized spacial score (nSPS) is 10.8.